The molecule has 0 saturated heterocycles. The van der Waals surface area contributed by atoms with Gasteiger partial charge < -0.3 is 4.42 Å². The lowest BCUT2D eigenvalue weighted by Crippen LogP contribution is -2.29. The second-order valence-electron chi connectivity index (χ2n) is 3.52. The lowest BCUT2D eigenvalue weighted by Gasteiger charge is -1.99. The Labute approximate surface area is 117 Å². The molecular weight excluding hydrogens is 316 g/mol. The fourth-order valence-electron chi connectivity index (χ4n) is 1.34. The molecule has 4 nitrogen and oxygen atoms in total. The van der Waals surface area contributed by atoms with Gasteiger partial charge in [-0.1, -0.05) is 15.9 Å². The summed E-state index contributed by atoms with van der Waals surface area (Å²) in [7, 11) is 0. The SMILES string of the molecule is NNC(=O)c1coc(CSc2ccc(Br)cc2)c1. The molecule has 0 spiro atoms. The lowest BCUT2D eigenvalue weighted by molar-refractivity contribution is 0.0953. The van der Waals surface area contributed by atoms with Crippen LogP contribution < -0.4 is 11.3 Å². The molecule has 2 rings (SSSR count). The third-order valence-electron chi connectivity index (χ3n) is 2.24. The largest absolute Gasteiger partial charge is 0.468 e. The summed E-state index contributed by atoms with van der Waals surface area (Å²) in [5, 5.41) is 0. The molecule has 2 aromatic rings. The van der Waals surface area contributed by atoms with Crippen molar-refractivity contribution in [1.29, 1.82) is 0 Å². The van der Waals surface area contributed by atoms with Crippen LogP contribution in [0.2, 0.25) is 0 Å². The van der Waals surface area contributed by atoms with Gasteiger partial charge >= 0.3 is 0 Å². The number of hydrazine groups is 1. The van der Waals surface area contributed by atoms with Crippen molar-refractivity contribution in [3.8, 4) is 0 Å². The Morgan fingerprint density at radius 2 is 2.11 bits per heavy atom. The van der Waals surface area contributed by atoms with Gasteiger partial charge in [0.05, 0.1) is 11.3 Å². The molecule has 3 N–H and O–H groups in total. The normalized spacial score (nSPS) is 10.3. The summed E-state index contributed by atoms with van der Waals surface area (Å²) in [6, 6.07) is 9.69. The number of nitrogen functional groups attached to an aromatic ring is 1. The van der Waals surface area contributed by atoms with Crippen molar-refractivity contribution in [2.45, 2.75) is 10.6 Å². The molecule has 0 atom stereocenters. The van der Waals surface area contributed by atoms with E-state index in [9.17, 15) is 4.79 Å². The number of carbonyl (C=O) groups excluding carboxylic acids is 1. The predicted octanol–water partition coefficient (Wildman–Crippen LogP) is 2.94. The number of carbonyl (C=O) groups is 1. The summed E-state index contributed by atoms with van der Waals surface area (Å²) in [6.07, 6.45) is 1.40. The first-order valence-electron chi connectivity index (χ1n) is 5.16. The number of benzene rings is 1. The fourth-order valence-corrected chi connectivity index (χ4v) is 2.40. The number of hydrogen-bond donors (Lipinski definition) is 2. The van der Waals surface area contributed by atoms with Crippen molar-refractivity contribution in [2.75, 3.05) is 0 Å². The average molecular weight is 327 g/mol. The van der Waals surface area contributed by atoms with Gasteiger partial charge in [0.1, 0.15) is 12.0 Å². The van der Waals surface area contributed by atoms with E-state index in [0.29, 0.717) is 11.3 Å². The molecule has 0 bridgehead atoms. The molecule has 0 aliphatic rings. The van der Waals surface area contributed by atoms with Gasteiger partial charge in [-0.15, -0.1) is 11.8 Å². The van der Waals surface area contributed by atoms with Crippen LogP contribution >= 0.6 is 27.7 Å². The Morgan fingerprint density at radius 1 is 1.39 bits per heavy atom. The van der Waals surface area contributed by atoms with E-state index in [0.717, 1.165) is 15.1 Å². The van der Waals surface area contributed by atoms with Crippen molar-refractivity contribution >= 4 is 33.6 Å². The lowest BCUT2D eigenvalue weighted by atomic mass is 10.3. The zero-order chi connectivity index (χ0) is 13.0. The molecule has 0 saturated carbocycles. The summed E-state index contributed by atoms with van der Waals surface area (Å²) < 4.78 is 6.33. The minimum Gasteiger partial charge on any atom is -0.468 e. The zero-order valence-electron chi connectivity index (χ0n) is 9.35. The molecular formula is C12H11BrN2O2S. The van der Waals surface area contributed by atoms with Crippen LogP contribution in [0, 0.1) is 0 Å². The van der Waals surface area contributed by atoms with Crippen molar-refractivity contribution in [1.82, 2.24) is 5.43 Å². The molecule has 6 heteroatoms. The second kappa shape index (κ2) is 6.08. The van der Waals surface area contributed by atoms with Gasteiger partial charge in [0.15, 0.2) is 0 Å². The topological polar surface area (TPSA) is 68.3 Å². The first-order chi connectivity index (χ1) is 8.69. The molecule has 1 aromatic heterocycles. The minimum absolute atomic E-state index is 0.348. The molecule has 1 aromatic carbocycles. The third kappa shape index (κ3) is 3.38. The molecule has 18 heavy (non-hydrogen) atoms. The Kier molecular flexibility index (Phi) is 4.46. The summed E-state index contributed by atoms with van der Waals surface area (Å²) in [6.45, 7) is 0. The van der Waals surface area contributed by atoms with Gasteiger partial charge in [-0.3, -0.25) is 10.2 Å². The van der Waals surface area contributed by atoms with E-state index in [1.54, 1.807) is 17.8 Å². The maximum absolute atomic E-state index is 11.2. The van der Waals surface area contributed by atoms with Gasteiger partial charge in [0, 0.05) is 9.37 Å². The molecule has 0 aliphatic heterocycles. The van der Waals surface area contributed by atoms with E-state index in [1.165, 1.54) is 6.26 Å². The molecule has 0 fully saturated rings. The van der Waals surface area contributed by atoms with Crippen LogP contribution in [-0.2, 0) is 5.75 Å². The Balaban J connectivity index is 1.96. The first kappa shape index (κ1) is 13.2. The van der Waals surface area contributed by atoms with Crippen LogP contribution in [0.25, 0.3) is 0 Å². The molecule has 0 aliphatic carbocycles. The van der Waals surface area contributed by atoms with Crippen LogP contribution in [0.3, 0.4) is 0 Å². The van der Waals surface area contributed by atoms with Crippen LogP contribution in [0.1, 0.15) is 16.1 Å². The number of amides is 1. The number of nitrogens with one attached hydrogen (secondary N) is 1. The highest BCUT2D eigenvalue weighted by molar-refractivity contribution is 9.10. The van der Waals surface area contributed by atoms with E-state index in [2.05, 4.69) is 21.4 Å². The third-order valence-corrected chi connectivity index (χ3v) is 3.80. The number of hydrogen-bond acceptors (Lipinski definition) is 4. The van der Waals surface area contributed by atoms with Crippen molar-refractivity contribution in [2.24, 2.45) is 5.84 Å². The fraction of sp³-hybridized carbons (Fsp3) is 0.0833. The Hall–Kier alpha value is -1.24. The van der Waals surface area contributed by atoms with Crippen LogP contribution in [-0.4, -0.2) is 5.91 Å². The molecule has 0 unspecified atom stereocenters. The molecule has 1 amide bonds. The van der Waals surface area contributed by atoms with Gasteiger partial charge in [-0.05, 0) is 30.3 Å². The highest BCUT2D eigenvalue weighted by Crippen LogP contribution is 2.25. The van der Waals surface area contributed by atoms with E-state index in [-0.39, 0.29) is 5.91 Å². The van der Waals surface area contributed by atoms with E-state index < -0.39 is 0 Å². The average Bonchev–Trinajstić information content (AvgIpc) is 2.86. The quantitative estimate of drug-likeness (QED) is 0.392. The monoisotopic (exact) mass is 326 g/mol. The van der Waals surface area contributed by atoms with Gasteiger partial charge in [0.2, 0.25) is 0 Å². The zero-order valence-corrected chi connectivity index (χ0v) is 11.8. The molecule has 1 heterocycles. The predicted molar refractivity (Wildman–Crippen MR) is 74.1 cm³/mol. The highest BCUT2D eigenvalue weighted by Gasteiger charge is 2.08. The number of nitrogens with two attached hydrogens (primary N) is 1. The Morgan fingerprint density at radius 3 is 2.78 bits per heavy atom. The van der Waals surface area contributed by atoms with Crippen LogP contribution in [0.5, 0.6) is 0 Å². The summed E-state index contributed by atoms with van der Waals surface area (Å²) in [4.78, 5) is 12.4. The minimum atomic E-state index is -0.348. The smallest absolute Gasteiger partial charge is 0.268 e. The molecule has 94 valence electrons. The van der Waals surface area contributed by atoms with E-state index in [1.807, 2.05) is 24.3 Å². The van der Waals surface area contributed by atoms with Crippen LogP contribution in [0.15, 0.2) is 50.4 Å². The maximum Gasteiger partial charge on any atom is 0.268 e. The summed E-state index contributed by atoms with van der Waals surface area (Å²) >= 11 is 5.02. The number of furan rings is 1. The highest BCUT2D eigenvalue weighted by atomic mass is 79.9. The van der Waals surface area contributed by atoms with Crippen LogP contribution in [0.4, 0.5) is 0 Å². The molecule has 0 radical (unpaired) electrons. The van der Waals surface area contributed by atoms with Gasteiger partial charge in [-0.2, -0.15) is 0 Å². The summed E-state index contributed by atoms with van der Waals surface area (Å²) in [5.41, 5.74) is 2.50. The number of halogens is 1. The van der Waals surface area contributed by atoms with Crippen molar-refractivity contribution < 1.29 is 9.21 Å². The van der Waals surface area contributed by atoms with E-state index in [4.69, 9.17) is 10.3 Å². The van der Waals surface area contributed by atoms with Crippen molar-refractivity contribution in [3.05, 3.63) is 52.4 Å². The summed E-state index contributed by atoms with van der Waals surface area (Å²) in [5.74, 6) is 6.10. The Bertz CT molecular complexity index is 539. The maximum atomic E-state index is 11.2. The first-order valence-corrected chi connectivity index (χ1v) is 6.93. The van der Waals surface area contributed by atoms with E-state index >= 15 is 0 Å². The van der Waals surface area contributed by atoms with Gasteiger partial charge in [-0.25, -0.2) is 5.84 Å². The standard InChI is InChI=1S/C12H11BrN2O2S/c13-9-1-3-11(4-2-9)18-7-10-5-8(6-17-10)12(16)15-14/h1-6H,7,14H2,(H,15,16). The number of rotatable bonds is 4. The second-order valence-corrected chi connectivity index (χ2v) is 5.48. The van der Waals surface area contributed by atoms with Gasteiger partial charge in [0.25, 0.3) is 5.91 Å². The number of thioether (sulfide) groups is 1. The van der Waals surface area contributed by atoms with Crippen molar-refractivity contribution in [3.63, 3.8) is 0 Å².